The van der Waals surface area contributed by atoms with Crippen LogP contribution in [0.3, 0.4) is 0 Å². The highest BCUT2D eigenvalue weighted by atomic mass is 16.3. The zero-order valence-electron chi connectivity index (χ0n) is 7.22. The molecule has 2 heterocycles. The molecular formula is C8H12N4O. The Kier molecular flexibility index (Phi) is 2.02. The molecule has 0 radical (unpaired) electrons. The molecule has 0 saturated carbocycles. The number of rotatable bonds is 1. The minimum Gasteiger partial charge on any atom is -0.391 e. The number of hydrogen-bond acceptors (Lipinski definition) is 5. The average Bonchev–Trinajstić information content (AvgIpc) is 2.53. The summed E-state index contributed by atoms with van der Waals surface area (Å²) >= 11 is 0. The number of nitrogens with zero attached hydrogens (tertiary/aromatic N) is 3. The quantitative estimate of drug-likeness (QED) is 0.616. The second kappa shape index (κ2) is 3.18. The SMILES string of the molecule is Nc1cnc(N2CCC(O)C2)cn1. The Balaban J connectivity index is 2.13. The minimum atomic E-state index is -0.237. The fourth-order valence-electron chi connectivity index (χ4n) is 1.44. The van der Waals surface area contributed by atoms with E-state index in [1.807, 2.05) is 4.90 Å². The number of β-amino-alcohol motifs (C(OH)–C–C–N with tert-alkyl or cyclic N) is 1. The van der Waals surface area contributed by atoms with Crippen LogP contribution in [0.25, 0.3) is 0 Å². The summed E-state index contributed by atoms with van der Waals surface area (Å²) < 4.78 is 0. The molecule has 0 spiro atoms. The molecule has 1 atom stereocenters. The van der Waals surface area contributed by atoms with Crippen LogP contribution in [0, 0.1) is 0 Å². The summed E-state index contributed by atoms with van der Waals surface area (Å²) in [6.07, 6.45) is 3.72. The molecule has 3 N–H and O–H groups in total. The molecule has 1 fully saturated rings. The number of hydrogen-bond donors (Lipinski definition) is 2. The van der Waals surface area contributed by atoms with Crippen molar-refractivity contribution in [3.8, 4) is 0 Å². The Morgan fingerprint density at radius 2 is 2.31 bits per heavy atom. The summed E-state index contributed by atoms with van der Waals surface area (Å²) in [6, 6.07) is 0. The van der Waals surface area contributed by atoms with Gasteiger partial charge in [-0.15, -0.1) is 0 Å². The minimum absolute atomic E-state index is 0.237. The summed E-state index contributed by atoms with van der Waals surface area (Å²) in [4.78, 5) is 10.1. The van der Waals surface area contributed by atoms with Gasteiger partial charge in [0, 0.05) is 13.1 Å². The maximum Gasteiger partial charge on any atom is 0.147 e. The van der Waals surface area contributed by atoms with Crippen molar-refractivity contribution in [3.05, 3.63) is 12.4 Å². The summed E-state index contributed by atoms with van der Waals surface area (Å²) in [6.45, 7) is 1.47. The molecule has 1 aliphatic heterocycles. The van der Waals surface area contributed by atoms with Crippen LogP contribution in [0.15, 0.2) is 12.4 Å². The van der Waals surface area contributed by atoms with E-state index in [0.29, 0.717) is 12.4 Å². The zero-order chi connectivity index (χ0) is 9.26. The van der Waals surface area contributed by atoms with Crippen LogP contribution in [0.1, 0.15) is 6.42 Å². The molecule has 1 aliphatic rings. The molecule has 0 aromatic carbocycles. The van der Waals surface area contributed by atoms with Gasteiger partial charge in [-0.2, -0.15) is 0 Å². The summed E-state index contributed by atoms with van der Waals surface area (Å²) in [5, 5.41) is 9.30. The Hall–Kier alpha value is -1.36. The zero-order valence-corrected chi connectivity index (χ0v) is 7.22. The maximum atomic E-state index is 9.30. The Morgan fingerprint density at radius 3 is 2.85 bits per heavy atom. The van der Waals surface area contributed by atoms with E-state index in [0.717, 1.165) is 18.8 Å². The van der Waals surface area contributed by atoms with Gasteiger partial charge in [-0.1, -0.05) is 0 Å². The Labute approximate surface area is 76.2 Å². The number of aromatic nitrogens is 2. The third-order valence-electron chi connectivity index (χ3n) is 2.15. The second-order valence-electron chi connectivity index (χ2n) is 3.19. The molecule has 1 saturated heterocycles. The molecule has 1 unspecified atom stereocenters. The predicted molar refractivity (Wildman–Crippen MR) is 49.3 cm³/mol. The fraction of sp³-hybridized carbons (Fsp3) is 0.500. The Morgan fingerprint density at radius 1 is 1.46 bits per heavy atom. The molecule has 0 amide bonds. The monoisotopic (exact) mass is 180 g/mol. The van der Waals surface area contributed by atoms with Gasteiger partial charge in [0.2, 0.25) is 0 Å². The van der Waals surface area contributed by atoms with Crippen molar-refractivity contribution < 1.29 is 5.11 Å². The first-order chi connectivity index (χ1) is 6.25. The van der Waals surface area contributed by atoms with Crippen molar-refractivity contribution in [3.63, 3.8) is 0 Å². The van der Waals surface area contributed by atoms with E-state index >= 15 is 0 Å². The summed E-state index contributed by atoms with van der Waals surface area (Å²) in [5.41, 5.74) is 5.41. The molecule has 1 aromatic rings. The number of aliphatic hydroxyl groups excluding tert-OH is 1. The lowest BCUT2D eigenvalue weighted by molar-refractivity contribution is 0.198. The number of anilines is 2. The third-order valence-corrected chi connectivity index (χ3v) is 2.15. The standard InChI is InChI=1S/C8H12N4O/c9-7-3-11-8(4-10-7)12-2-1-6(13)5-12/h3-4,6,13H,1-2,5H2,(H2,9,10). The van der Waals surface area contributed by atoms with Gasteiger partial charge in [0.05, 0.1) is 18.5 Å². The number of aliphatic hydroxyl groups is 1. The van der Waals surface area contributed by atoms with E-state index in [4.69, 9.17) is 5.73 Å². The van der Waals surface area contributed by atoms with Gasteiger partial charge in [0.1, 0.15) is 11.6 Å². The van der Waals surface area contributed by atoms with Crippen molar-refractivity contribution in [1.29, 1.82) is 0 Å². The van der Waals surface area contributed by atoms with Gasteiger partial charge in [-0.3, -0.25) is 0 Å². The third kappa shape index (κ3) is 1.70. The molecule has 70 valence electrons. The van der Waals surface area contributed by atoms with Crippen molar-refractivity contribution in [2.75, 3.05) is 23.7 Å². The van der Waals surface area contributed by atoms with Crippen LogP contribution in [0.2, 0.25) is 0 Å². The highest BCUT2D eigenvalue weighted by Crippen LogP contribution is 2.16. The van der Waals surface area contributed by atoms with Crippen molar-refractivity contribution in [1.82, 2.24) is 9.97 Å². The lowest BCUT2D eigenvalue weighted by Gasteiger charge is -2.15. The lowest BCUT2D eigenvalue weighted by Crippen LogP contribution is -2.22. The lowest BCUT2D eigenvalue weighted by atomic mass is 10.3. The molecule has 13 heavy (non-hydrogen) atoms. The van der Waals surface area contributed by atoms with Crippen LogP contribution in [0.5, 0.6) is 0 Å². The van der Waals surface area contributed by atoms with Crippen molar-refractivity contribution in [2.45, 2.75) is 12.5 Å². The average molecular weight is 180 g/mol. The molecule has 1 aromatic heterocycles. The fourth-order valence-corrected chi connectivity index (χ4v) is 1.44. The molecule has 0 aliphatic carbocycles. The molecule has 2 rings (SSSR count). The highest BCUT2D eigenvalue weighted by Gasteiger charge is 2.21. The number of nitrogens with two attached hydrogens (primary N) is 1. The van der Waals surface area contributed by atoms with Gasteiger partial charge in [-0.05, 0) is 6.42 Å². The van der Waals surface area contributed by atoms with Gasteiger partial charge < -0.3 is 15.7 Å². The first-order valence-corrected chi connectivity index (χ1v) is 4.26. The highest BCUT2D eigenvalue weighted by molar-refractivity contribution is 5.40. The van der Waals surface area contributed by atoms with E-state index in [1.54, 1.807) is 6.20 Å². The normalized spacial score (nSPS) is 22.2. The molecule has 5 nitrogen and oxygen atoms in total. The van der Waals surface area contributed by atoms with Crippen LogP contribution < -0.4 is 10.6 Å². The van der Waals surface area contributed by atoms with E-state index in [-0.39, 0.29) is 6.10 Å². The number of nitrogen functional groups attached to an aromatic ring is 1. The molecular weight excluding hydrogens is 168 g/mol. The smallest absolute Gasteiger partial charge is 0.147 e. The van der Waals surface area contributed by atoms with Crippen molar-refractivity contribution >= 4 is 11.6 Å². The van der Waals surface area contributed by atoms with Crippen LogP contribution in [-0.2, 0) is 0 Å². The van der Waals surface area contributed by atoms with E-state index in [2.05, 4.69) is 9.97 Å². The second-order valence-corrected chi connectivity index (χ2v) is 3.19. The largest absolute Gasteiger partial charge is 0.391 e. The van der Waals surface area contributed by atoms with Gasteiger partial charge in [-0.25, -0.2) is 9.97 Å². The summed E-state index contributed by atoms with van der Waals surface area (Å²) in [7, 11) is 0. The maximum absolute atomic E-state index is 9.30. The topological polar surface area (TPSA) is 75.3 Å². The van der Waals surface area contributed by atoms with Crippen LogP contribution >= 0.6 is 0 Å². The molecule has 0 bridgehead atoms. The first-order valence-electron chi connectivity index (χ1n) is 4.26. The van der Waals surface area contributed by atoms with Crippen LogP contribution in [0.4, 0.5) is 11.6 Å². The van der Waals surface area contributed by atoms with E-state index in [1.165, 1.54) is 6.20 Å². The van der Waals surface area contributed by atoms with Crippen LogP contribution in [-0.4, -0.2) is 34.3 Å². The van der Waals surface area contributed by atoms with Gasteiger partial charge >= 0.3 is 0 Å². The first kappa shape index (κ1) is 8.25. The molecule has 5 heteroatoms. The summed E-state index contributed by atoms with van der Waals surface area (Å²) in [5.74, 6) is 1.20. The van der Waals surface area contributed by atoms with Crippen molar-refractivity contribution in [2.24, 2.45) is 0 Å². The Bertz CT molecular complexity index is 287. The van der Waals surface area contributed by atoms with Gasteiger partial charge in [0.15, 0.2) is 0 Å². The van der Waals surface area contributed by atoms with Gasteiger partial charge in [0.25, 0.3) is 0 Å². The van der Waals surface area contributed by atoms with E-state index in [9.17, 15) is 5.11 Å². The predicted octanol–water partition coefficient (Wildman–Crippen LogP) is -0.370. The van der Waals surface area contributed by atoms with E-state index < -0.39 is 0 Å².